The molecule has 0 heterocycles. The van der Waals surface area contributed by atoms with Crippen molar-refractivity contribution >= 4 is 67.8 Å². The van der Waals surface area contributed by atoms with Gasteiger partial charge in [-0.2, -0.15) is 0 Å². The number of hydrogen-bond donors (Lipinski definition) is 0. The van der Waals surface area contributed by atoms with Gasteiger partial charge in [-0.1, -0.05) is 0 Å². The minimum Gasteiger partial charge on any atom is -0.0442 e. The second kappa shape index (κ2) is 3.70. The van der Waals surface area contributed by atoms with Crippen molar-refractivity contribution in [3.8, 4) is 0 Å². The average Bonchev–Trinajstić information content (AvgIpc) is 1.59. The minimum absolute atomic E-state index is 1.31. The van der Waals surface area contributed by atoms with Crippen molar-refractivity contribution in [2.45, 2.75) is 0 Å². The van der Waals surface area contributed by atoms with Crippen LogP contribution in [0.25, 0.3) is 0 Å². The molecule has 0 aliphatic heterocycles. The van der Waals surface area contributed by atoms with Gasteiger partial charge in [0.05, 0.1) is 0 Å². The highest BCUT2D eigenvalue weighted by Gasteiger charge is 1.91. The van der Waals surface area contributed by atoms with Crippen LogP contribution in [-0.2, 0) is 0 Å². The van der Waals surface area contributed by atoms with Crippen LogP contribution in [0, 0.1) is 10.7 Å². The molecule has 0 radical (unpaired) electrons. The van der Waals surface area contributed by atoms with Crippen LogP contribution in [0.5, 0.6) is 0 Å². The molecule has 0 bridgehead atoms. The molecule has 0 saturated carbocycles. The normalized spacial score (nSPS) is 9.67. The van der Waals surface area contributed by atoms with E-state index in [1.54, 1.807) is 0 Å². The standard InChI is InChI=1S/C6H3I3/c7-4-1-5(8)3-6(9)2-4/h1-3H. The summed E-state index contributed by atoms with van der Waals surface area (Å²) < 4.78 is 3.93. The van der Waals surface area contributed by atoms with E-state index in [9.17, 15) is 0 Å². The Kier molecular flexibility index (Phi) is 3.50. The van der Waals surface area contributed by atoms with E-state index < -0.39 is 0 Å². The lowest BCUT2D eigenvalue weighted by atomic mass is 10.4. The molecule has 0 aliphatic rings. The molecule has 1 aromatic rings. The summed E-state index contributed by atoms with van der Waals surface area (Å²) >= 11 is 6.96. The Morgan fingerprint density at radius 1 is 0.667 bits per heavy atom. The summed E-state index contributed by atoms with van der Waals surface area (Å²) in [6.45, 7) is 0. The fourth-order valence-electron chi connectivity index (χ4n) is 0.520. The first-order valence-corrected chi connectivity index (χ1v) is 5.54. The van der Waals surface area contributed by atoms with Crippen molar-refractivity contribution in [2.75, 3.05) is 0 Å². The van der Waals surface area contributed by atoms with Gasteiger partial charge >= 0.3 is 0 Å². The van der Waals surface area contributed by atoms with Crippen LogP contribution >= 0.6 is 67.8 Å². The third-order valence-electron chi connectivity index (χ3n) is 0.827. The van der Waals surface area contributed by atoms with Gasteiger partial charge in [0, 0.05) is 10.7 Å². The first kappa shape index (κ1) is 8.51. The van der Waals surface area contributed by atoms with Crippen LogP contribution in [0.1, 0.15) is 0 Å². The predicted molar refractivity (Wildman–Crippen MR) is 64.6 cm³/mol. The maximum absolute atomic E-state index is 2.32. The van der Waals surface area contributed by atoms with Crippen molar-refractivity contribution in [1.29, 1.82) is 0 Å². The Labute approximate surface area is 95.2 Å². The van der Waals surface area contributed by atoms with Gasteiger partial charge in [-0.3, -0.25) is 0 Å². The zero-order chi connectivity index (χ0) is 6.85. The Bertz CT molecular complexity index is 169. The van der Waals surface area contributed by atoms with E-state index in [2.05, 4.69) is 86.0 Å². The molecule has 1 rings (SSSR count). The van der Waals surface area contributed by atoms with E-state index in [-0.39, 0.29) is 0 Å². The highest BCUT2D eigenvalue weighted by atomic mass is 127. The van der Waals surface area contributed by atoms with Gasteiger partial charge in [0.25, 0.3) is 0 Å². The number of halogens is 3. The zero-order valence-electron chi connectivity index (χ0n) is 4.37. The Balaban J connectivity index is 3.17. The smallest absolute Gasteiger partial charge is 0.0151 e. The van der Waals surface area contributed by atoms with Crippen molar-refractivity contribution in [3.63, 3.8) is 0 Å². The SMILES string of the molecule is Ic1cc(I)cc(I)c1. The van der Waals surface area contributed by atoms with E-state index in [1.165, 1.54) is 10.7 Å². The average molecular weight is 456 g/mol. The van der Waals surface area contributed by atoms with Crippen molar-refractivity contribution in [1.82, 2.24) is 0 Å². The molecule has 0 aromatic heterocycles. The van der Waals surface area contributed by atoms with Gasteiger partial charge in [0.2, 0.25) is 0 Å². The molecule has 0 atom stereocenters. The molecule has 9 heavy (non-hydrogen) atoms. The fraction of sp³-hybridized carbons (Fsp3) is 0. The highest BCUT2D eigenvalue weighted by Crippen LogP contribution is 2.15. The summed E-state index contributed by atoms with van der Waals surface area (Å²) in [4.78, 5) is 0. The number of benzene rings is 1. The molecule has 0 unspecified atom stereocenters. The van der Waals surface area contributed by atoms with Gasteiger partial charge in [-0.05, 0) is 86.0 Å². The molecule has 0 fully saturated rings. The third-order valence-corrected chi connectivity index (χ3v) is 2.70. The maximum atomic E-state index is 2.32. The van der Waals surface area contributed by atoms with E-state index in [1.807, 2.05) is 0 Å². The van der Waals surface area contributed by atoms with Gasteiger partial charge in [0.1, 0.15) is 0 Å². The van der Waals surface area contributed by atoms with Crippen LogP contribution in [0.4, 0.5) is 0 Å². The molecular weight excluding hydrogens is 453 g/mol. The molecule has 3 heteroatoms. The summed E-state index contributed by atoms with van der Waals surface area (Å²) in [7, 11) is 0. The summed E-state index contributed by atoms with van der Waals surface area (Å²) in [5.41, 5.74) is 0. The molecule has 0 nitrogen and oxygen atoms in total. The third kappa shape index (κ3) is 2.87. The fourth-order valence-corrected chi connectivity index (χ4v) is 4.32. The summed E-state index contributed by atoms with van der Waals surface area (Å²) in [5.74, 6) is 0. The van der Waals surface area contributed by atoms with Gasteiger partial charge in [0.15, 0.2) is 0 Å². The van der Waals surface area contributed by atoms with Crippen LogP contribution in [0.3, 0.4) is 0 Å². The monoisotopic (exact) mass is 456 g/mol. The first-order chi connectivity index (χ1) is 4.18. The Morgan fingerprint density at radius 3 is 1.11 bits per heavy atom. The molecule has 1 aromatic carbocycles. The van der Waals surface area contributed by atoms with Crippen LogP contribution in [-0.4, -0.2) is 0 Å². The minimum atomic E-state index is 1.31. The van der Waals surface area contributed by atoms with Crippen LogP contribution < -0.4 is 0 Å². The molecular formula is C6H3I3. The van der Waals surface area contributed by atoms with E-state index in [4.69, 9.17) is 0 Å². The number of rotatable bonds is 0. The van der Waals surface area contributed by atoms with Gasteiger partial charge < -0.3 is 0 Å². The Hall–Kier alpha value is 1.41. The van der Waals surface area contributed by atoms with Crippen molar-refractivity contribution in [3.05, 3.63) is 28.9 Å². The molecule has 0 aliphatic carbocycles. The lowest BCUT2D eigenvalue weighted by Crippen LogP contribution is -1.76. The molecule has 0 saturated heterocycles. The highest BCUT2D eigenvalue weighted by molar-refractivity contribution is 14.1. The van der Waals surface area contributed by atoms with E-state index in [0.717, 1.165) is 0 Å². The Morgan fingerprint density at radius 2 is 0.889 bits per heavy atom. The quantitative estimate of drug-likeness (QED) is 0.525. The lowest BCUT2D eigenvalue weighted by Gasteiger charge is -1.92. The maximum Gasteiger partial charge on any atom is 0.0151 e. The summed E-state index contributed by atoms with van der Waals surface area (Å²) in [5, 5.41) is 0. The van der Waals surface area contributed by atoms with Gasteiger partial charge in [-0.15, -0.1) is 0 Å². The van der Waals surface area contributed by atoms with Crippen molar-refractivity contribution < 1.29 is 0 Å². The molecule has 0 amide bonds. The second-order valence-corrected chi connectivity index (χ2v) is 5.32. The molecule has 0 spiro atoms. The summed E-state index contributed by atoms with van der Waals surface area (Å²) in [6, 6.07) is 6.47. The second-order valence-electron chi connectivity index (χ2n) is 1.59. The lowest BCUT2D eigenvalue weighted by molar-refractivity contribution is 1.55. The van der Waals surface area contributed by atoms with Crippen molar-refractivity contribution in [2.24, 2.45) is 0 Å². The first-order valence-electron chi connectivity index (χ1n) is 2.30. The predicted octanol–water partition coefficient (Wildman–Crippen LogP) is 3.50. The molecule has 0 N–H and O–H groups in total. The summed E-state index contributed by atoms with van der Waals surface area (Å²) in [6.07, 6.45) is 0. The zero-order valence-corrected chi connectivity index (χ0v) is 10.8. The van der Waals surface area contributed by atoms with E-state index in [0.29, 0.717) is 0 Å². The largest absolute Gasteiger partial charge is 0.0442 e. The van der Waals surface area contributed by atoms with Gasteiger partial charge in [-0.25, -0.2) is 0 Å². The van der Waals surface area contributed by atoms with Crippen LogP contribution in [0.2, 0.25) is 0 Å². The topological polar surface area (TPSA) is 0 Å². The van der Waals surface area contributed by atoms with E-state index >= 15 is 0 Å². The van der Waals surface area contributed by atoms with Crippen LogP contribution in [0.15, 0.2) is 18.2 Å². The number of hydrogen-bond acceptors (Lipinski definition) is 0. The molecule has 48 valence electrons.